The van der Waals surface area contributed by atoms with Crippen molar-refractivity contribution in [3.05, 3.63) is 59.1 Å². The molecule has 5 N–H and O–H groups in total. The zero-order valence-corrected chi connectivity index (χ0v) is 22.4. The third-order valence-corrected chi connectivity index (χ3v) is 6.62. The van der Waals surface area contributed by atoms with Crippen LogP contribution in [0, 0.1) is 0 Å². The molecule has 10 nitrogen and oxygen atoms in total. The lowest BCUT2D eigenvalue weighted by Gasteiger charge is -2.27. The lowest BCUT2D eigenvalue weighted by molar-refractivity contribution is -0.151. The van der Waals surface area contributed by atoms with Gasteiger partial charge in [0.1, 0.15) is 6.04 Å². The SMILES string of the molecule is CC(C)OC(=O)[C@H](Cc1ccc(N2CCNC2NC(=O)Nc2cccc(Cl)c2)cc1)NC(=O)[C@@H]1CCCN1. The van der Waals surface area contributed by atoms with Crippen LogP contribution in [0.15, 0.2) is 48.5 Å². The third kappa shape index (κ3) is 7.59. The number of benzene rings is 2. The van der Waals surface area contributed by atoms with Gasteiger partial charge in [0.05, 0.1) is 12.1 Å². The molecule has 2 aromatic rings. The maximum Gasteiger partial charge on any atom is 0.329 e. The molecule has 2 heterocycles. The predicted molar refractivity (Wildman–Crippen MR) is 147 cm³/mol. The first-order chi connectivity index (χ1) is 18.3. The molecule has 2 fully saturated rings. The Morgan fingerprint density at radius 2 is 1.89 bits per heavy atom. The minimum Gasteiger partial charge on any atom is -0.461 e. The largest absolute Gasteiger partial charge is 0.461 e. The van der Waals surface area contributed by atoms with Crippen molar-refractivity contribution in [1.82, 2.24) is 21.3 Å². The molecule has 2 aliphatic heterocycles. The molecule has 0 aromatic heterocycles. The van der Waals surface area contributed by atoms with Crippen LogP contribution in [-0.2, 0) is 20.7 Å². The van der Waals surface area contributed by atoms with E-state index in [2.05, 4.69) is 26.6 Å². The summed E-state index contributed by atoms with van der Waals surface area (Å²) < 4.78 is 5.41. The fraction of sp³-hybridized carbons (Fsp3) is 0.444. The van der Waals surface area contributed by atoms with Crippen molar-refractivity contribution in [2.24, 2.45) is 0 Å². The Bertz CT molecular complexity index is 1120. The number of ether oxygens (including phenoxy) is 1. The molecule has 2 aromatic carbocycles. The standard InChI is InChI=1S/C27H35ClN6O4/c1-17(2)38-25(36)23(32-24(35)22-7-4-12-29-22)15-18-8-10-21(11-9-18)34-14-13-30-26(34)33-27(37)31-20-6-3-5-19(28)16-20/h3,5-6,8-11,16-17,22-23,26,29-30H,4,7,12-15H2,1-2H3,(H,32,35)(H2,31,33,37)/t22-,23-,26?/m0/s1. The number of halogens is 1. The molecular formula is C27H35ClN6O4. The fourth-order valence-electron chi connectivity index (χ4n) is 4.57. The Kier molecular flexibility index (Phi) is 9.43. The molecular weight excluding hydrogens is 508 g/mol. The number of hydrogen-bond donors (Lipinski definition) is 5. The van der Waals surface area contributed by atoms with E-state index in [-0.39, 0.29) is 24.1 Å². The molecule has 0 saturated carbocycles. The van der Waals surface area contributed by atoms with E-state index >= 15 is 0 Å². The topological polar surface area (TPSA) is 124 Å². The average Bonchev–Trinajstić information content (AvgIpc) is 3.56. The number of nitrogens with zero attached hydrogens (tertiary/aromatic N) is 1. The van der Waals surface area contributed by atoms with Crippen LogP contribution in [0.5, 0.6) is 0 Å². The predicted octanol–water partition coefficient (Wildman–Crippen LogP) is 2.59. The van der Waals surface area contributed by atoms with Crippen LogP contribution in [0.2, 0.25) is 5.02 Å². The van der Waals surface area contributed by atoms with Gasteiger partial charge in [-0.15, -0.1) is 0 Å². The zero-order chi connectivity index (χ0) is 27.1. The molecule has 2 saturated heterocycles. The van der Waals surface area contributed by atoms with Crippen LogP contribution in [0.1, 0.15) is 32.3 Å². The molecule has 204 valence electrons. The van der Waals surface area contributed by atoms with Crippen molar-refractivity contribution >= 4 is 40.9 Å². The quantitative estimate of drug-likeness (QED) is 0.309. The average molecular weight is 543 g/mol. The van der Waals surface area contributed by atoms with E-state index in [1.54, 1.807) is 38.1 Å². The summed E-state index contributed by atoms with van der Waals surface area (Å²) in [5, 5.41) is 15.6. The molecule has 0 radical (unpaired) electrons. The minimum absolute atomic E-state index is 0.182. The maximum absolute atomic E-state index is 12.8. The smallest absolute Gasteiger partial charge is 0.329 e. The summed E-state index contributed by atoms with van der Waals surface area (Å²) in [4.78, 5) is 40.0. The van der Waals surface area contributed by atoms with E-state index in [1.165, 1.54) is 0 Å². The highest BCUT2D eigenvalue weighted by molar-refractivity contribution is 6.30. The van der Waals surface area contributed by atoms with Crippen molar-refractivity contribution in [2.45, 2.75) is 57.6 Å². The Labute approximate surface area is 227 Å². The van der Waals surface area contributed by atoms with Gasteiger partial charge >= 0.3 is 12.0 Å². The van der Waals surface area contributed by atoms with Gasteiger partial charge in [0.2, 0.25) is 5.91 Å². The first kappa shape index (κ1) is 27.7. The second kappa shape index (κ2) is 12.9. The van der Waals surface area contributed by atoms with E-state index < -0.39 is 18.3 Å². The van der Waals surface area contributed by atoms with Crippen LogP contribution in [-0.4, -0.2) is 62.0 Å². The third-order valence-electron chi connectivity index (χ3n) is 6.39. The molecule has 2 aliphatic rings. The van der Waals surface area contributed by atoms with Crippen LogP contribution in [0.3, 0.4) is 0 Å². The number of rotatable bonds is 9. The highest BCUT2D eigenvalue weighted by Gasteiger charge is 2.29. The number of anilines is 2. The molecule has 3 amide bonds. The second-order valence-electron chi connectivity index (χ2n) is 9.73. The molecule has 1 unspecified atom stereocenters. The number of esters is 1. The monoisotopic (exact) mass is 542 g/mol. The van der Waals surface area contributed by atoms with Crippen LogP contribution in [0.4, 0.5) is 16.2 Å². The van der Waals surface area contributed by atoms with Crippen molar-refractivity contribution < 1.29 is 19.1 Å². The summed E-state index contributed by atoms with van der Waals surface area (Å²) in [5.74, 6) is -0.632. The molecule has 0 spiro atoms. The van der Waals surface area contributed by atoms with Gasteiger partial charge in [0.15, 0.2) is 6.29 Å². The normalized spacial score (nSPS) is 19.7. The number of carbonyl (C=O) groups excluding carboxylic acids is 3. The van der Waals surface area contributed by atoms with Crippen molar-refractivity contribution in [3.63, 3.8) is 0 Å². The Balaban J connectivity index is 1.38. The number of urea groups is 1. The van der Waals surface area contributed by atoms with E-state index in [9.17, 15) is 14.4 Å². The summed E-state index contributed by atoms with van der Waals surface area (Å²) in [6, 6.07) is 13.3. The molecule has 3 atom stereocenters. The highest BCUT2D eigenvalue weighted by atomic mass is 35.5. The van der Waals surface area contributed by atoms with Gasteiger partial charge in [-0.3, -0.25) is 10.1 Å². The van der Waals surface area contributed by atoms with Gasteiger partial charge in [-0.05, 0) is 69.1 Å². The summed E-state index contributed by atoms with van der Waals surface area (Å²) >= 11 is 6.00. The van der Waals surface area contributed by atoms with Gasteiger partial charge in [-0.1, -0.05) is 29.8 Å². The Morgan fingerprint density at radius 1 is 1.11 bits per heavy atom. The molecule has 4 rings (SSSR count). The lowest BCUT2D eigenvalue weighted by atomic mass is 10.0. The van der Waals surface area contributed by atoms with Gasteiger partial charge in [-0.25, -0.2) is 9.59 Å². The second-order valence-corrected chi connectivity index (χ2v) is 10.2. The molecule has 11 heteroatoms. The summed E-state index contributed by atoms with van der Waals surface area (Å²) in [6.07, 6.45) is 1.32. The zero-order valence-electron chi connectivity index (χ0n) is 21.6. The van der Waals surface area contributed by atoms with E-state index in [0.29, 0.717) is 30.2 Å². The number of nitrogens with one attached hydrogen (secondary N) is 5. The minimum atomic E-state index is -0.781. The molecule has 38 heavy (non-hydrogen) atoms. The molecule has 0 aliphatic carbocycles. The first-order valence-corrected chi connectivity index (χ1v) is 13.3. The number of hydrogen-bond acceptors (Lipinski definition) is 7. The summed E-state index contributed by atoms with van der Waals surface area (Å²) in [7, 11) is 0. The summed E-state index contributed by atoms with van der Waals surface area (Å²) in [5.41, 5.74) is 2.40. The van der Waals surface area contributed by atoms with Gasteiger partial charge < -0.3 is 30.9 Å². The maximum atomic E-state index is 12.8. The lowest BCUT2D eigenvalue weighted by Crippen LogP contribution is -2.51. The molecule has 0 bridgehead atoms. The van der Waals surface area contributed by atoms with Crippen LogP contribution >= 0.6 is 11.6 Å². The van der Waals surface area contributed by atoms with Crippen LogP contribution in [0.25, 0.3) is 0 Å². The first-order valence-electron chi connectivity index (χ1n) is 12.9. The van der Waals surface area contributed by atoms with Crippen molar-refractivity contribution in [1.29, 1.82) is 0 Å². The van der Waals surface area contributed by atoms with E-state index in [0.717, 1.165) is 30.6 Å². The Hall–Kier alpha value is -3.34. The Morgan fingerprint density at radius 3 is 2.58 bits per heavy atom. The van der Waals surface area contributed by atoms with Crippen molar-refractivity contribution in [3.8, 4) is 0 Å². The van der Waals surface area contributed by atoms with Crippen LogP contribution < -0.4 is 31.5 Å². The van der Waals surface area contributed by atoms with Crippen molar-refractivity contribution in [2.75, 3.05) is 29.9 Å². The summed E-state index contributed by atoms with van der Waals surface area (Å²) in [6.45, 7) is 5.77. The van der Waals surface area contributed by atoms with Gasteiger partial charge in [0, 0.05) is 35.9 Å². The number of carbonyl (C=O) groups is 3. The van der Waals surface area contributed by atoms with E-state index in [1.807, 2.05) is 29.2 Å². The van der Waals surface area contributed by atoms with Gasteiger partial charge in [0.25, 0.3) is 0 Å². The highest BCUT2D eigenvalue weighted by Crippen LogP contribution is 2.20. The van der Waals surface area contributed by atoms with Gasteiger partial charge in [-0.2, -0.15) is 0 Å². The van der Waals surface area contributed by atoms with E-state index in [4.69, 9.17) is 16.3 Å². The fourth-order valence-corrected chi connectivity index (χ4v) is 4.76. The number of amides is 3.